The predicted octanol–water partition coefficient (Wildman–Crippen LogP) is 2.40. The van der Waals surface area contributed by atoms with E-state index in [1.54, 1.807) is 6.07 Å². The third kappa shape index (κ3) is 3.93. The lowest BCUT2D eigenvalue weighted by Gasteiger charge is -2.39. The largest absolute Gasteiger partial charge is 0.396 e. The highest BCUT2D eigenvalue weighted by Gasteiger charge is 2.27. The molecule has 1 heterocycles. The second-order valence-electron chi connectivity index (χ2n) is 5.59. The fraction of sp³-hybridized carbons (Fsp3) is 0.625. The normalized spacial score (nSPS) is 23.1. The highest BCUT2D eigenvalue weighted by atomic mass is 19.1. The number of halogens is 1. The SMILES string of the molecule is CCC1CC(NCCCO)CN(c2ccccc2F)C1. The van der Waals surface area contributed by atoms with Gasteiger partial charge in [-0.25, -0.2) is 4.39 Å². The Hall–Kier alpha value is -1.13. The summed E-state index contributed by atoms with van der Waals surface area (Å²) in [7, 11) is 0. The lowest BCUT2D eigenvalue weighted by atomic mass is 9.91. The van der Waals surface area contributed by atoms with Crippen LogP contribution in [0.1, 0.15) is 26.2 Å². The van der Waals surface area contributed by atoms with Crippen molar-refractivity contribution in [3.63, 3.8) is 0 Å². The van der Waals surface area contributed by atoms with Crippen LogP contribution in [0.25, 0.3) is 0 Å². The topological polar surface area (TPSA) is 35.5 Å². The van der Waals surface area contributed by atoms with Crippen molar-refractivity contribution in [2.75, 3.05) is 31.1 Å². The van der Waals surface area contributed by atoms with Crippen LogP contribution in [-0.2, 0) is 0 Å². The van der Waals surface area contributed by atoms with Gasteiger partial charge in [-0.05, 0) is 37.4 Å². The Kier molecular flexibility index (Phi) is 5.80. The zero-order valence-corrected chi connectivity index (χ0v) is 12.2. The number of nitrogens with zero attached hydrogens (tertiary/aromatic N) is 1. The summed E-state index contributed by atoms with van der Waals surface area (Å²) in [6.07, 6.45) is 3.02. The van der Waals surface area contributed by atoms with Crippen molar-refractivity contribution in [3.8, 4) is 0 Å². The molecule has 0 amide bonds. The first kappa shape index (κ1) is 15.3. The van der Waals surface area contributed by atoms with Gasteiger partial charge in [-0.3, -0.25) is 0 Å². The molecular weight excluding hydrogens is 255 g/mol. The monoisotopic (exact) mass is 280 g/mol. The Morgan fingerprint density at radius 3 is 2.85 bits per heavy atom. The average molecular weight is 280 g/mol. The molecule has 1 aliphatic heterocycles. The molecule has 2 unspecified atom stereocenters. The molecule has 3 nitrogen and oxygen atoms in total. The zero-order valence-electron chi connectivity index (χ0n) is 12.2. The van der Waals surface area contributed by atoms with Gasteiger partial charge < -0.3 is 15.3 Å². The molecule has 2 N–H and O–H groups in total. The molecule has 112 valence electrons. The van der Waals surface area contributed by atoms with Gasteiger partial charge in [-0.15, -0.1) is 0 Å². The van der Waals surface area contributed by atoms with Gasteiger partial charge in [0.05, 0.1) is 5.69 Å². The number of benzene rings is 1. The molecule has 1 fully saturated rings. The van der Waals surface area contributed by atoms with Crippen LogP contribution in [0.5, 0.6) is 0 Å². The lowest BCUT2D eigenvalue weighted by molar-refractivity contribution is 0.273. The van der Waals surface area contributed by atoms with Gasteiger partial charge >= 0.3 is 0 Å². The first-order valence-electron chi connectivity index (χ1n) is 7.58. The number of aliphatic hydroxyl groups excluding tert-OH is 1. The minimum absolute atomic E-state index is 0.140. The van der Waals surface area contributed by atoms with Crippen molar-refractivity contribution in [1.29, 1.82) is 0 Å². The Morgan fingerprint density at radius 2 is 2.15 bits per heavy atom. The Morgan fingerprint density at radius 1 is 1.35 bits per heavy atom. The molecule has 1 aromatic carbocycles. The fourth-order valence-electron chi connectivity index (χ4n) is 2.94. The third-order valence-electron chi connectivity index (χ3n) is 4.08. The number of rotatable bonds is 6. The molecule has 0 aliphatic carbocycles. The van der Waals surface area contributed by atoms with E-state index in [9.17, 15) is 4.39 Å². The zero-order chi connectivity index (χ0) is 14.4. The second-order valence-corrected chi connectivity index (χ2v) is 5.59. The van der Waals surface area contributed by atoms with E-state index in [0.717, 1.165) is 38.9 Å². The van der Waals surface area contributed by atoms with Gasteiger partial charge in [0.25, 0.3) is 0 Å². The van der Waals surface area contributed by atoms with Crippen molar-refractivity contribution in [3.05, 3.63) is 30.1 Å². The minimum atomic E-state index is -0.140. The van der Waals surface area contributed by atoms with Crippen molar-refractivity contribution >= 4 is 5.69 Å². The maximum absolute atomic E-state index is 13.9. The van der Waals surface area contributed by atoms with Crippen LogP contribution in [0.3, 0.4) is 0 Å². The highest BCUT2D eigenvalue weighted by molar-refractivity contribution is 5.48. The van der Waals surface area contributed by atoms with E-state index in [-0.39, 0.29) is 12.4 Å². The van der Waals surface area contributed by atoms with Crippen LogP contribution < -0.4 is 10.2 Å². The van der Waals surface area contributed by atoms with Crippen LogP contribution in [0, 0.1) is 11.7 Å². The maximum atomic E-state index is 13.9. The number of para-hydroxylation sites is 1. The number of hydrogen-bond donors (Lipinski definition) is 2. The maximum Gasteiger partial charge on any atom is 0.146 e. The van der Waals surface area contributed by atoms with Crippen molar-refractivity contribution in [2.24, 2.45) is 5.92 Å². The van der Waals surface area contributed by atoms with Crippen LogP contribution in [0.2, 0.25) is 0 Å². The summed E-state index contributed by atoms with van der Waals surface area (Å²) in [4.78, 5) is 2.16. The minimum Gasteiger partial charge on any atom is -0.396 e. The fourth-order valence-corrected chi connectivity index (χ4v) is 2.94. The molecule has 0 saturated carbocycles. The molecule has 1 saturated heterocycles. The summed E-state index contributed by atoms with van der Waals surface area (Å²) < 4.78 is 13.9. The molecule has 0 aromatic heterocycles. The first-order chi connectivity index (χ1) is 9.74. The average Bonchev–Trinajstić information content (AvgIpc) is 2.47. The molecule has 20 heavy (non-hydrogen) atoms. The van der Waals surface area contributed by atoms with E-state index < -0.39 is 0 Å². The quantitative estimate of drug-likeness (QED) is 0.786. The second kappa shape index (κ2) is 7.60. The predicted molar refractivity (Wildman–Crippen MR) is 80.5 cm³/mol. The van der Waals surface area contributed by atoms with Gasteiger partial charge in [0, 0.05) is 25.7 Å². The molecular formula is C16H25FN2O. The number of piperidine rings is 1. The Balaban J connectivity index is 2.03. The molecule has 2 atom stereocenters. The Labute approximate surface area is 120 Å². The van der Waals surface area contributed by atoms with Crippen LogP contribution >= 0.6 is 0 Å². The lowest BCUT2D eigenvalue weighted by Crippen LogP contribution is -2.49. The van der Waals surface area contributed by atoms with E-state index in [1.807, 2.05) is 12.1 Å². The number of anilines is 1. The van der Waals surface area contributed by atoms with Crippen molar-refractivity contribution in [1.82, 2.24) is 5.32 Å². The van der Waals surface area contributed by atoms with E-state index in [1.165, 1.54) is 6.07 Å². The van der Waals surface area contributed by atoms with Gasteiger partial charge in [0.2, 0.25) is 0 Å². The van der Waals surface area contributed by atoms with Crippen LogP contribution in [-0.4, -0.2) is 37.4 Å². The highest BCUT2D eigenvalue weighted by Crippen LogP contribution is 2.27. The number of hydrogen-bond acceptors (Lipinski definition) is 3. The number of nitrogens with one attached hydrogen (secondary N) is 1. The van der Waals surface area contributed by atoms with Gasteiger partial charge in [0.1, 0.15) is 5.82 Å². The van der Waals surface area contributed by atoms with Gasteiger partial charge in [-0.1, -0.05) is 25.5 Å². The van der Waals surface area contributed by atoms with Gasteiger partial charge in [-0.2, -0.15) is 0 Å². The van der Waals surface area contributed by atoms with Crippen LogP contribution in [0.15, 0.2) is 24.3 Å². The Bertz CT molecular complexity index is 413. The van der Waals surface area contributed by atoms with E-state index >= 15 is 0 Å². The van der Waals surface area contributed by atoms with Crippen molar-refractivity contribution in [2.45, 2.75) is 32.2 Å². The number of aliphatic hydroxyl groups is 1. The van der Waals surface area contributed by atoms with Gasteiger partial charge in [0.15, 0.2) is 0 Å². The summed E-state index contributed by atoms with van der Waals surface area (Å²) in [5, 5.41) is 12.3. The van der Waals surface area contributed by atoms with Crippen molar-refractivity contribution < 1.29 is 9.50 Å². The van der Waals surface area contributed by atoms with E-state index in [4.69, 9.17) is 5.11 Å². The molecule has 0 radical (unpaired) electrons. The molecule has 1 aliphatic rings. The summed E-state index contributed by atoms with van der Waals surface area (Å²) in [6, 6.07) is 7.39. The summed E-state index contributed by atoms with van der Waals surface area (Å²) in [5.74, 6) is 0.452. The summed E-state index contributed by atoms with van der Waals surface area (Å²) in [6.45, 7) is 5.00. The smallest absolute Gasteiger partial charge is 0.146 e. The molecule has 0 bridgehead atoms. The third-order valence-corrected chi connectivity index (χ3v) is 4.08. The summed E-state index contributed by atoms with van der Waals surface area (Å²) in [5.41, 5.74) is 0.708. The molecule has 4 heteroatoms. The standard InChI is InChI=1S/C16H25FN2O/c1-2-13-10-14(18-8-5-9-20)12-19(11-13)16-7-4-3-6-15(16)17/h3-4,6-7,13-14,18,20H,2,5,8-12H2,1H3. The molecule has 1 aromatic rings. The molecule has 2 rings (SSSR count). The van der Waals surface area contributed by atoms with E-state index in [0.29, 0.717) is 17.6 Å². The summed E-state index contributed by atoms with van der Waals surface area (Å²) >= 11 is 0. The van der Waals surface area contributed by atoms with Crippen LogP contribution in [0.4, 0.5) is 10.1 Å². The molecule has 0 spiro atoms. The first-order valence-corrected chi connectivity index (χ1v) is 7.58. The van der Waals surface area contributed by atoms with E-state index in [2.05, 4.69) is 17.1 Å².